The molecule has 0 aromatic heterocycles. The van der Waals surface area contributed by atoms with Crippen LogP contribution in [0.15, 0.2) is 35.2 Å². The highest BCUT2D eigenvalue weighted by Crippen LogP contribution is 2.38. The zero-order valence-corrected chi connectivity index (χ0v) is 14.0. The minimum absolute atomic E-state index is 0.954. The molecular weight excluding hydrogens is 284 g/mol. The quantitative estimate of drug-likeness (QED) is 0.404. The first-order valence-corrected chi connectivity index (χ1v) is 8.97. The number of hydrogen-bond acceptors (Lipinski definition) is 1. The van der Waals surface area contributed by atoms with E-state index in [-0.39, 0.29) is 0 Å². The molecule has 2 rings (SSSR count). The molecule has 2 aromatic rings. The molecule has 2 aromatic carbocycles. The molecule has 0 aliphatic rings. The van der Waals surface area contributed by atoms with Crippen LogP contribution in [0.1, 0.15) is 45.1 Å². The molecule has 0 atom stereocenters. The first-order chi connectivity index (χ1) is 9.77. The van der Waals surface area contributed by atoms with E-state index in [0.29, 0.717) is 0 Å². The van der Waals surface area contributed by atoms with Crippen LogP contribution in [0.3, 0.4) is 0 Å². The fourth-order valence-corrected chi connectivity index (χ4v) is 4.04. The van der Waals surface area contributed by atoms with Gasteiger partial charge < -0.3 is 0 Å². The van der Waals surface area contributed by atoms with Crippen LogP contribution >= 0.6 is 23.4 Å². The summed E-state index contributed by atoms with van der Waals surface area (Å²) in [5, 5.41) is 3.41. The van der Waals surface area contributed by atoms with Gasteiger partial charge in [0.05, 0.1) is 5.02 Å². The highest BCUT2D eigenvalue weighted by Gasteiger charge is 2.12. The maximum atomic E-state index is 6.68. The van der Waals surface area contributed by atoms with E-state index >= 15 is 0 Å². The summed E-state index contributed by atoms with van der Waals surface area (Å²) in [7, 11) is 0. The maximum Gasteiger partial charge on any atom is 0.0622 e. The summed E-state index contributed by atoms with van der Waals surface area (Å²) >= 11 is 8.62. The Labute approximate surface area is 131 Å². The topological polar surface area (TPSA) is 0 Å². The summed E-state index contributed by atoms with van der Waals surface area (Å²) in [5.41, 5.74) is 1.43. The van der Waals surface area contributed by atoms with Gasteiger partial charge in [0.1, 0.15) is 0 Å². The van der Waals surface area contributed by atoms with Crippen LogP contribution in [-0.4, -0.2) is 5.75 Å². The monoisotopic (exact) mass is 306 g/mol. The van der Waals surface area contributed by atoms with Crippen LogP contribution in [0, 0.1) is 0 Å². The third kappa shape index (κ3) is 3.71. The van der Waals surface area contributed by atoms with E-state index in [4.69, 9.17) is 11.6 Å². The van der Waals surface area contributed by atoms with Gasteiger partial charge in [0, 0.05) is 10.3 Å². The Kier molecular flexibility index (Phi) is 6.25. The average molecular weight is 307 g/mol. The van der Waals surface area contributed by atoms with Crippen LogP contribution in [0.4, 0.5) is 0 Å². The average Bonchev–Trinajstić information content (AvgIpc) is 2.48. The second kappa shape index (κ2) is 7.95. The van der Waals surface area contributed by atoms with Gasteiger partial charge in [-0.2, -0.15) is 0 Å². The van der Waals surface area contributed by atoms with Crippen molar-refractivity contribution in [3.05, 3.63) is 40.9 Å². The van der Waals surface area contributed by atoms with Crippen LogP contribution in [0.5, 0.6) is 0 Å². The third-order valence-corrected chi connectivity index (χ3v) is 5.31. The molecule has 0 aliphatic carbocycles. The number of benzene rings is 2. The maximum absolute atomic E-state index is 6.68. The van der Waals surface area contributed by atoms with Crippen molar-refractivity contribution in [2.24, 2.45) is 0 Å². The smallest absolute Gasteiger partial charge is 0.0622 e. The predicted octanol–water partition coefficient (Wildman–Crippen LogP) is 6.73. The van der Waals surface area contributed by atoms with Crippen LogP contribution in [-0.2, 0) is 6.42 Å². The van der Waals surface area contributed by atoms with E-state index < -0.39 is 0 Å². The summed E-state index contributed by atoms with van der Waals surface area (Å²) in [6.45, 7) is 4.48. The van der Waals surface area contributed by atoms with Gasteiger partial charge in [-0.15, -0.1) is 11.8 Å². The Hall–Kier alpha value is -0.660. The summed E-state index contributed by atoms with van der Waals surface area (Å²) in [6, 6.07) is 10.8. The Morgan fingerprint density at radius 2 is 1.80 bits per heavy atom. The van der Waals surface area contributed by atoms with Crippen molar-refractivity contribution in [2.75, 3.05) is 5.75 Å². The number of fused-ring (bicyclic) bond motifs is 1. The highest BCUT2D eigenvalue weighted by molar-refractivity contribution is 7.99. The van der Waals surface area contributed by atoms with Crippen molar-refractivity contribution in [3.63, 3.8) is 0 Å². The Morgan fingerprint density at radius 1 is 1.05 bits per heavy atom. The van der Waals surface area contributed by atoms with Crippen molar-refractivity contribution >= 4 is 34.1 Å². The van der Waals surface area contributed by atoms with E-state index in [1.54, 1.807) is 0 Å². The van der Waals surface area contributed by atoms with Crippen molar-refractivity contribution in [3.8, 4) is 0 Å². The predicted molar refractivity (Wildman–Crippen MR) is 93.2 cm³/mol. The lowest BCUT2D eigenvalue weighted by atomic mass is 10.0. The summed E-state index contributed by atoms with van der Waals surface area (Å²) in [6.07, 6.45) is 6.08. The van der Waals surface area contributed by atoms with Gasteiger partial charge >= 0.3 is 0 Å². The number of unbranched alkanes of at least 4 members (excludes halogenated alkanes) is 2. The SMILES string of the molecule is CCCCSc1c(CCCC)cc2ccccc2c1Cl. The lowest BCUT2D eigenvalue weighted by Crippen LogP contribution is -1.93. The summed E-state index contributed by atoms with van der Waals surface area (Å²) < 4.78 is 0. The molecule has 2 heteroatoms. The normalized spacial score (nSPS) is 11.2. The van der Waals surface area contributed by atoms with E-state index in [1.807, 2.05) is 11.8 Å². The molecule has 0 nitrogen and oxygen atoms in total. The van der Waals surface area contributed by atoms with Crippen molar-refractivity contribution < 1.29 is 0 Å². The van der Waals surface area contributed by atoms with Crippen molar-refractivity contribution in [1.82, 2.24) is 0 Å². The minimum Gasteiger partial charge on any atom is -0.124 e. The molecule has 0 amide bonds. The largest absolute Gasteiger partial charge is 0.124 e. The molecule has 0 heterocycles. The second-order valence-electron chi connectivity index (χ2n) is 5.21. The molecule has 0 spiro atoms. The molecular formula is C18H23ClS. The third-order valence-electron chi connectivity index (χ3n) is 3.56. The molecule has 0 bridgehead atoms. The minimum atomic E-state index is 0.954. The van der Waals surface area contributed by atoms with Crippen LogP contribution < -0.4 is 0 Å². The molecule has 0 unspecified atom stereocenters. The zero-order chi connectivity index (χ0) is 14.4. The Bertz CT molecular complexity index is 563. The summed E-state index contributed by atoms with van der Waals surface area (Å²) in [5.74, 6) is 1.16. The van der Waals surface area contributed by atoms with E-state index in [1.165, 1.54) is 46.9 Å². The fraction of sp³-hybridized carbons (Fsp3) is 0.444. The molecule has 0 fully saturated rings. The lowest BCUT2D eigenvalue weighted by molar-refractivity contribution is 0.786. The Balaban J connectivity index is 2.40. The molecule has 0 saturated carbocycles. The van der Waals surface area contributed by atoms with Gasteiger partial charge in [-0.3, -0.25) is 0 Å². The first kappa shape index (κ1) is 15.7. The molecule has 20 heavy (non-hydrogen) atoms. The van der Waals surface area contributed by atoms with E-state index in [2.05, 4.69) is 44.2 Å². The molecule has 0 saturated heterocycles. The van der Waals surface area contributed by atoms with Crippen molar-refractivity contribution in [1.29, 1.82) is 0 Å². The van der Waals surface area contributed by atoms with Crippen molar-refractivity contribution in [2.45, 2.75) is 50.8 Å². The number of aryl methyl sites for hydroxylation is 1. The number of halogens is 1. The lowest BCUT2D eigenvalue weighted by Gasteiger charge is -2.14. The standard InChI is InChI=1S/C18H23ClS/c1-3-5-9-15-13-14-10-7-8-11-16(14)17(19)18(15)20-12-6-4-2/h7-8,10-11,13H,3-6,9,12H2,1-2H3. The highest BCUT2D eigenvalue weighted by atomic mass is 35.5. The zero-order valence-electron chi connectivity index (χ0n) is 12.4. The van der Waals surface area contributed by atoms with Gasteiger partial charge in [-0.05, 0) is 42.0 Å². The number of thioether (sulfide) groups is 1. The molecule has 108 valence electrons. The fourth-order valence-electron chi connectivity index (χ4n) is 2.37. The first-order valence-electron chi connectivity index (χ1n) is 7.60. The molecule has 0 N–H and O–H groups in total. The van der Waals surface area contributed by atoms with Gasteiger partial charge in [-0.25, -0.2) is 0 Å². The number of rotatable bonds is 7. The molecule has 0 radical (unpaired) electrons. The van der Waals surface area contributed by atoms with Crippen LogP contribution in [0.2, 0.25) is 5.02 Å². The second-order valence-corrected chi connectivity index (χ2v) is 6.69. The Morgan fingerprint density at radius 3 is 2.55 bits per heavy atom. The van der Waals surface area contributed by atoms with Gasteiger partial charge in [0.25, 0.3) is 0 Å². The van der Waals surface area contributed by atoms with Crippen LogP contribution in [0.25, 0.3) is 10.8 Å². The van der Waals surface area contributed by atoms with E-state index in [0.717, 1.165) is 17.2 Å². The van der Waals surface area contributed by atoms with Gasteiger partial charge in [-0.1, -0.05) is 62.6 Å². The van der Waals surface area contributed by atoms with Gasteiger partial charge in [0.15, 0.2) is 0 Å². The molecule has 0 aliphatic heterocycles. The van der Waals surface area contributed by atoms with E-state index in [9.17, 15) is 0 Å². The van der Waals surface area contributed by atoms with Gasteiger partial charge in [0.2, 0.25) is 0 Å². The summed E-state index contributed by atoms with van der Waals surface area (Å²) in [4.78, 5) is 1.31. The number of hydrogen-bond donors (Lipinski definition) is 0.